The number of nitrogen functional groups attached to an aromatic ring is 1. The van der Waals surface area contributed by atoms with Crippen LogP contribution in [0.25, 0.3) is 0 Å². The monoisotopic (exact) mass is 257 g/mol. The summed E-state index contributed by atoms with van der Waals surface area (Å²) in [6.45, 7) is 4.64. The van der Waals surface area contributed by atoms with Crippen molar-refractivity contribution in [2.24, 2.45) is 0 Å². The average Bonchev–Trinajstić information content (AvgIpc) is 2.41. The van der Waals surface area contributed by atoms with Gasteiger partial charge in [-0.25, -0.2) is 4.98 Å². The van der Waals surface area contributed by atoms with Gasteiger partial charge in [-0.2, -0.15) is 0 Å². The van der Waals surface area contributed by atoms with Crippen LogP contribution in [0.4, 0.5) is 11.5 Å². The second-order valence-electron chi connectivity index (χ2n) is 4.61. The SMILES string of the molecule is Cc1ccc(OCC(C)Nc2ncccc2N)cc1. The first kappa shape index (κ1) is 13.2. The Bertz CT molecular complexity index is 525. The molecule has 0 spiro atoms. The van der Waals surface area contributed by atoms with Gasteiger partial charge in [0, 0.05) is 6.20 Å². The van der Waals surface area contributed by atoms with E-state index in [0.29, 0.717) is 18.1 Å². The van der Waals surface area contributed by atoms with Crippen molar-refractivity contribution in [3.8, 4) is 5.75 Å². The number of nitrogens with one attached hydrogen (secondary N) is 1. The maximum absolute atomic E-state index is 5.83. The van der Waals surface area contributed by atoms with E-state index in [4.69, 9.17) is 10.5 Å². The van der Waals surface area contributed by atoms with Gasteiger partial charge in [-0.05, 0) is 38.1 Å². The third-order valence-corrected chi connectivity index (χ3v) is 2.74. The van der Waals surface area contributed by atoms with Crippen molar-refractivity contribution < 1.29 is 4.74 Å². The van der Waals surface area contributed by atoms with Gasteiger partial charge in [-0.15, -0.1) is 0 Å². The molecule has 0 saturated carbocycles. The zero-order chi connectivity index (χ0) is 13.7. The molecular weight excluding hydrogens is 238 g/mol. The van der Waals surface area contributed by atoms with Crippen molar-refractivity contribution in [2.45, 2.75) is 19.9 Å². The lowest BCUT2D eigenvalue weighted by Gasteiger charge is -2.16. The Morgan fingerprint density at radius 2 is 2.00 bits per heavy atom. The lowest BCUT2D eigenvalue weighted by Crippen LogP contribution is -2.24. The molecule has 19 heavy (non-hydrogen) atoms. The number of hydrogen-bond acceptors (Lipinski definition) is 4. The fourth-order valence-electron chi connectivity index (χ4n) is 1.67. The van der Waals surface area contributed by atoms with Crippen LogP contribution in [0, 0.1) is 6.92 Å². The van der Waals surface area contributed by atoms with E-state index in [9.17, 15) is 0 Å². The van der Waals surface area contributed by atoms with E-state index in [-0.39, 0.29) is 6.04 Å². The molecule has 0 aliphatic heterocycles. The maximum Gasteiger partial charge on any atom is 0.149 e. The van der Waals surface area contributed by atoms with E-state index < -0.39 is 0 Å². The van der Waals surface area contributed by atoms with Crippen LogP contribution in [-0.2, 0) is 0 Å². The smallest absolute Gasteiger partial charge is 0.149 e. The van der Waals surface area contributed by atoms with Gasteiger partial charge in [-0.1, -0.05) is 17.7 Å². The number of nitrogens with two attached hydrogens (primary N) is 1. The van der Waals surface area contributed by atoms with Crippen LogP contribution >= 0.6 is 0 Å². The first-order chi connectivity index (χ1) is 9.15. The molecule has 0 saturated heterocycles. The highest BCUT2D eigenvalue weighted by atomic mass is 16.5. The predicted octanol–water partition coefficient (Wildman–Crippen LogP) is 2.85. The number of aromatic nitrogens is 1. The van der Waals surface area contributed by atoms with Crippen molar-refractivity contribution in [1.82, 2.24) is 4.98 Å². The van der Waals surface area contributed by atoms with Gasteiger partial charge in [0.15, 0.2) is 0 Å². The molecule has 1 aromatic carbocycles. The van der Waals surface area contributed by atoms with Crippen molar-refractivity contribution in [3.63, 3.8) is 0 Å². The fraction of sp³-hybridized carbons (Fsp3) is 0.267. The minimum absolute atomic E-state index is 0.124. The molecule has 1 unspecified atom stereocenters. The van der Waals surface area contributed by atoms with Crippen LogP contribution in [0.5, 0.6) is 5.75 Å². The number of benzene rings is 1. The van der Waals surface area contributed by atoms with Gasteiger partial charge < -0.3 is 15.8 Å². The second kappa shape index (κ2) is 6.09. The molecule has 1 heterocycles. The van der Waals surface area contributed by atoms with Crippen LogP contribution in [0.1, 0.15) is 12.5 Å². The third-order valence-electron chi connectivity index (χ3n) is 2.74. The molecule has 0 bridgehead atoms. The molecule has 1 aromatic heterocycles. The van der Waals surface area contributed by atoms with E-state index in [0.717, 1.165) is 5.75 Å². The summed E-state index contributed by atoms with van der Waals surface area (Å²) in [5, 5.41) is 3.23. The molecule has 2 rings (SSSR count). The van der Waals surface area contributed by atoms with Gasteiger partial charge in [0.05, 0.1) is 11.7 Å². The quantitative estimate of drug-likeness (QED) is 0.864. The number of pyridine rings is 1. The molecule has 0 aliphatic carbocycles. The van der Waals surface area contributed by atoms with Gasteiger partial charge in [0.25, 0.3) is 0 Å². The molecule has 0 aliphatic rings. The van der Waals surface area contributed by atoms with Crippen LogP contribution in [0.15, 0.2) is 42.6 Å². The van der Waals surface area contributed by atoms with Crippen molar-refractivity contribution >= 4 is 11.5 Å². The number of anilines is 2. The molecular formula is C15H19N3O. The molecule has 4 heteroatoms. The van der Waals surface area contributed by atoms with Crippen LogP contribution in [-0.4, -0.2) is 17.6 Å². The molecule has 4 nitrogen and oxygen atoms in total. The van der Waals surface area contributed by atoms with Gasteiger partial charge >= 0.3 is 0 Å². The van der Waals surface area contributed by atoms with E-state index >= 15 is 0 Å². The largest absolute Gasteiger partial charge is 0.491 e. The summed E-state index contributed by atoms with van der Waals surface area (Å²) in [7, 11) is 0. The summed E-state index contributed by atoms with van der Waals surface area (Å²) in [6, 6.07) is 11.8. The lowest BCUT2D eigenvalue weighted by molar-refractivity contribution is 0.303. The summed E-state index contributed by atoms with van der Waals surface area (Å²) in [5.74, 6) is 1.57. The molecule has 0 amide bonds. The molecule has 0 fully saturated rings. The van der Waals surface area contributed by atoms with Crippen LogP contribution < -0.4 is 15.8 Å². The number of nitrogens with zero attached hydrogens (tertiary/aromatic N) is 1. The summed E-state index contributed by atoms with van der Waals surface area (Å²) in [4.78, 5) is 4.19. The highest BCUT2D eigenvalue weighted by Gasteiger charge is 2.06. The maximum atomic E-state index is 5.83. The summed E-state index contributed by atoms with van der Waals surface area (Å²) in [5.41, 5.74) is 7.69. The van der Waals surface area contributed by atoms with Crippen molar-refractivity contribution in [1.29, 1.82) is 0 Å². The average molecular weight is 257 g/mol. The highest BCUT2D eigenvalue weighted by molar-refractivity contribution is 5.60. The number of aryl methyl sites for hydroxylation is 1. The van der Waals surface area contributed by atoms with Crippen molar-refractivity contribution in [2.75, 3.05) is 17.7 Å². The van der Waals surface area contributed by atoms with E-state index in [1.54, 1.807) is 6.20 Å². The Hall–Kier alpha value is -2.23. The summed E-state index contributed by atoms with van der Waals surface area (Å²) >= 11 is 0. The van der Waals surface area contributed by atoms with Gasteiger partial charge in [0.2, 0.25) is 0 Å². The molecule has 3 N–H and O–H groups in total. The first-order valence-electron chi connectivity index (χ1n) is 6.31. The Balaban J connectivity index is 1.86. The molecule has 2 aromatic rings. The number of rotatable bonds is 5. The predicted molar refractivity (Wildman–Crippen MR) is 78.4 cm³/mol. The normalized spacial score (nSPS) is 11.9. The number of ether oxygens (including phenoxy) is 1. The fourth-order valence-corrected chi connectivity index (χ4v) is 1.67. The third kappa shape index (κ3) is 3.88. The zero-order valence-corrected chi connectivity index (χ0v) is 11.3. The van der Waals surface area contributed by atoms with Gasteiger partial charge in [0.1, 0.15) is 18.2 Å². The number of hydrogen-bond donors (Lipinski definition) is 2. The Kier molecular flexibility index (Phi) is 4.23. The second-order valence-corrected chi connectivity index (χ2v) is 4.61. The first-order valence-corrected chi connectivity index (χ1v) is 6.31. The topological polar surface area (TPSA) is 60.2 Å². The van der Waals surface area contributed by atoms with Gasteiger partial charge in [-0.3, -0.25) is 0 Å². The van der Waals surface area contributed by atoms with Crippen LogP contribution in [0.3, 0.4) is 0 Å². The molecule has 100 valence electrons. The van der Waals surface area contributed by atoms with E-state index in [1.165, 1.54) is 5.56 Å². The molecule has 0 radical (unpaired) electrons. The minimum Gasteiger partial charge on any atom is -0.491 e. The highest BCUT2D eigenvalue weighted by Crippen LogP contribution is 2.15. The lowest BCUT2D eigenvalue weighted by atomic mass is 10.2. The van der Waals surface area contributed by atoms with Crippen molar-refractivity contribution in [3.05, 3.63) is 48.2 Å². The minimum atomic E-state index is 0.124. The summed E-state index contributed by atoms with van der Waals surface area (Å²) < 4.78 is 5.70. The Morgan fingerprint density at radius 3 is 2.68 bits per heavy atom. The van der Waals surface area contributed by atoms with E-state index in [1.807, 2.05) is 43.3 Å². The Labute approximate surface area is 113 Å². The van der Waals surface area contributed by atoms with E-state index in [2.05, 4.69) is 17.2 Å². The zero-order valence-electron chi connectivity index (χ0n) is 11.3. The Morgan fingerprint density at radius 1 is 1.26 bits per heavy atom. The standard InChI is InChI=1S/C15H19N3O/c1-11-5-7-13(8-6-11)19-10-12(2)18-15-14(16)4-3-9-17-15/h3-9,12H,10,16H2,1-2H3,(H,17,18). The van der Waals surface area contributed by atoms with Crippen LogP contribution in [0.2, 0.25) is 0 Å². The molecule has 1 atom stereocenters. The summed E-state index contributed by atoms with van der Waals surface area (Å²) in [6.07, 6.45) is 1.71.